The Morgan fingerprint density at radius 1 is 1.00 bits per heavy atom. The van der Waals surface area contributed by atoms with E-state index in [0.29, 0.717) is 34.3 Å². The van der Waals surface area contributed by atoms with Gasteiger partial charge in [-0.2, -0.15) is 0 Å². The fourth-order valence-electron chi connectivity index (χ4n) is 3.46. The Hall–Kier alpha value is -3.64. The average Bonchev–Trinajstić information content (AvgIpc) is 3.01. The highest BCUT2D eigenvalue weighted by Crippen LogP contribution is 2.35. The smallest absolute Gasteiger partial charge is 0.282 e. The Kier molecular flexibility index (Phi) is 5.97. The highest BCUT2D eigenvalue weighted by atomic mass is 35.5. The van der Waals surface area contributed by atoms with Gasteiger partial charge < -0.3 is 10.1 Å². The van der Waals surface area contributed by atoms with Crippen LogP contribution in [0.5, 0.6) is 5.75 Å². The largest absolute Gasteiger partial charge is 0.494 e. The van der Waals surface area contributed by atoms with Crippen molar-refractivity contribution in [2.75, 3.05) is 16.8 Å². The monoisotopic (exact) mass is 450 g/mol. The quantitative estimate of drug-likeness (QED) is 0.498. The highest BCUT2D eigenvalue weighted by molar-refractivity contribution is 6.46. The van der Waals surface area contributed by atoms with Crippen molar-refractivity contribution in [2.45, 2.75) is 13.8 Å². The van der Waals surface area contributed by atoms with E-state index in [2.05, 4.69) is 5.32 Å². The van der Waals surface area contributed by atoms with Gasteiger partial charge in [0, 0.05) is 16.8 Å². The molecule has 0 radical (unpaired) electrons. The summed E-state index contributed by atoms with van der Waals surface area (Å²) in [4.78, 5) is 28.0. The fraction of sp³-hybridized carbons (Fsp3) is 0.120. The average molecular weight is 451 g/mol. The van der Waals surface area contributed by atoms with Gasteiger partial charge in [-0.05, 0) is 61.4 Å². The molecule has 0 saturated carbocycles. The zero-order valence-corrected chi connectivity index (χ0v) is 18.2. The molecule has 1 N–H and O–H groups in total. The Labute approximate surface area is 190 Å². The van der Waals surface area contributed by atoms with Crippen LogP contribution in [-0.4, -0.2) is 18.4 Å². The van der Waals surface area contributed by atoms with Gasteiger partial charge >= 0.3 is 0 Å². The van der Waals surface area contributed by atoms with E-state index < -0.39 is 17.6 Å². The number of benzene rings is 3. The number of imide groups is 1. The van der Waals surface area contributed by atoms with Crippen LogP contribution in [0, 0.1) is 12.7 Å². The molecule has 0 aromatic heterocycles. The lowest BCUT2D eigenvalue weighted by Crippen LogP contribution is -2.32. The summed E-state index contributed by atoms with van der Waals surface area (Å²) in [6.07, 6.45) is 0. The highest BCUT2D eigenvalue weighted by Gasteiger charge is 2.40. The van der Waals surface area contributed by atoms with Gasteiger partial charge in [0.15, 0.2) is 0 Å². The molecule has 0 fully saturated rings. The van der Waals surface area contributed by atoms with E-state index in [0.717, 1.165) is 10.5 Å². The number of nitrogens with one attached hydrogen (secondary N) is 1. The lowest BCUT2D eigenvalue weighted by molar-refractivity contribution is -0.120. The van der Waals surface area contributed by atoms with Gasteiger partial charge in [0.2, 0.25) is 0 Å². The first-order valence-corrected chi connectivity index (χ1v) is 10.4. The second-order valence-electron chi connectivity index (χ2n) is 7.22. The topological polar surface area (TPSA) is 58.6 Å². The molecule has 7 heteroatoms. The zero-order valence-electron chi connectivity index (χ0n) is 17.5. The third kappa shape index (κ3) is 4.09. The summed E-state index contributed by atoms with van der Waals surface area (Å²) >= 11 is 6.23. The molecule has 0 spiro atoms. The number of rotatable bonds is 6. The lowest BCUT2D eigenvalue weighted by Gasteiger charge is -2.16. The first kappa shape index (κ1) is 21.6. The number of hydrogen-bond donors (Lipinski definition) is 1. The second-order valence-corrected chi connectivity index (χ2v) is 7.63. The van der Waals surface area contributed by atoms with Crippen LogP contribution < -0.4 is 15.0 Å². The van der Waals surface area contributed by atoms with Crippen molar-refractivity contribution >= 4 is 40.4 Å². The van der Waals surface area contributed by atoms with E-state index in [4.69, 9.17) is 16.3 Å². The van der Waals surface area contributed by atoms with E-state index in [1.807, 2.05) is 19.9 Å². The molecule has 3 aromatic rings. The summed E-state index contributed by atoms with van der Waals surface area (Å²) in [5.74, 6) is -0.941. The lowest BCUT2D eigenvalue weighted by atomic mass is 10.0. The molecular formula is C25H20ClFN2O3. The summed E-state index contributed by atoms with van der Waals surface area (Å²) in [5.41, 5.74) is 2.48. The normalized spacial score (nSPS) is 13.7. The molecule has 1 aliphatic heterocycles. The minimum atomic E-state index is -0.528. The summed E-state index contributed by atoms with van der Waals surface area (Å²) in [6, 6.07) is 17.5. The van der Waals surface area contributed by atoms with Gasteiger partial charge in [-0.1, -0.05) is 35.9 Å². The van der Waals surface area contributed by atoms with E-state index in [1.54, 1.807) is 36.4 Å². The van der Waals surface area contributed by atoms with Crippen LogP contribution in [0.25, 0.3) is 5.57 Å². The van der Waals surface area contributed by atoms with Crippen molar-refractivity contribution in [3.8, 4) is 5.75 Å². The first-order chi connectivity index (χ1) is 15.4. The number of halogens is 2. The van der Waals surface area contributed by atoms with Gasteiger partial charge in [0.05, 0.1) is 17.9 Å². The van der Waals surface area contributed by atoms with Crippen LogP contribution >= 0.6 is 11.6 Å². The van der Waals surface area contributed by atoms with E-state index in [9.17, 15) is 14.0 Å². The molecule has 0 bridgehead atoms. The predicted molar refractivity (Wildman–Crippen MR) is 123 cm³/mol. The molecule has 0 atom stereocenters. The van der Waals surface area contributed by atoms with Crippen LogP contribution in [0.1, 0.15) is 18.1 Å². The van der Waals surface area contributed by atoms with Crippen LogP contribution in [0.2, 0.25) is 5.02 Å². The molecular weight excluding hydrogens is 431 g/mol. The van der Waals surface area contributed by atoms with Gasteiger partial charge in [-0.15, -0.1) is 0 Å². The minimum Gasteiger partial charge on any atom is -0.494 e. The molecule has 0 saturated heterocycles. The van der Waals surface area contributed by atoms with Crippen molar-refractivity contribution in [3.63, 3.8) is 0 Å². The Morgan fingerprint density at radius 2 is 1.75 bits per heavy atom. The number of carbonyl (C=O) groups excluding carboxylic acids is 2. The van der Waals surface area contributed by atoms with Crippen molar-refractivity contribution in [1.29, 1.82) is 0 Å². The Balaban J connectivity index is 1.80. The summed E-state index contributed by atoms with van der Waals surface area (Å²) in [6.45, 7) is 4.17. The molecule has 3 aromatic carbocycles. The Morgan fingerprint density at radius 3 is 2.44 bits per heavy atom. The molecule has 1 aliphatic rings. The summed E-state index contributed by atoms with van der Waals surface area (Å²) < 4.78 is 19.0. The number of amides is 2. The number of ether oxygens (including phenoxy) is 1. The number of anilines is 2. The summed E-state index contributed by atoms with van der Waals surface area (Å²) in [7, 11) is 0. The van der Waals surface area contributed by atoms with Gasteiger partial charge in [-0.25, -0.2) is 9.29 Å². The van der Waals surface area contributed by atoms with Gasteiger partial charge in [0.1, 0.15) is 17.3 Å². The molecule has 1 heterocycles. The van der Waals surface area contributed by atoms with Crippen LogP contribution in [0.3, 0.4) is 0 Å². The standard InChI is InChI=1S/C25H20ClFN2O3/c1-3-32-20-6-4-5-19(14-20)29-24(30)22(16-8-10-17(27)11-9-16)23(25(29)31)28-18-12-7-15(2)21(26)13-18/h4-14,28H,3H2,1-2H3. The maximum Gasteiger partial charge on any atom is 0.282 e. The van der Waals surface area contributed by atoms with E-state index in [1.165, 1.54) is 24.3 Å². The first-order valence-electron chi connectivity index (χ1n) is 10.0. The van der Waals surface area contributed by atoms with Crippen molar-refractivity contribution in [3.05, 3.63) is 94.4 Å². The van der Waals surface area contributed by atoms with Gasteiger partial charge in [0.25, 0.3) is 11.8 Å². The Bertz CT molecular complexity index is 1240. The predicted octanol–water partition coefficient (Wildman–Crippen LogP) is 5.58. The maximum atomic E-state index is 13.5. The molecule has 0 aliphatic carbocycles. The van der Waals surface area contributed by atoms with E-state index >= 15 is 0 Å². The maximum absolute atomic E-state index is 13.5. The SMILES string of the molecule is CCOc1cccc(N2C(=O)C(Nc3ccc(C)c(Cl)c3)=C(c3ccc(F)cc3)C2=O)c1. The van der Waals surface area contributed by atoms with E-state index in [-0.39, 0.29) is 11.3 Å². The number of nitrogens with zero attached hydrogens (tertiary/aromatic N) is 1. The third-order valence-electron chi connectivity index (χ3n) is 5.04. The minimum absolute atomic E-state index is 0.0864. The van der Waals surface area contributed by atoms with Crippen LogP contribution in [-0.2, 0) is 9.59 Å². The van der Waals surface area contributed by atoms with Gasteiger partial charge in [-0.3, -0.25) is 9.59 Å². The molecule has 32 heavy (non-hydrogen) atoms. The third-order valence-corrected chi connectivity index (χ3v) is 5.45. The van der Waals surface area contributed by atoms with Crippen LogP contribution in [0.4, 0.5) is 15.8 Å². The number of carbonyl (C=O) groups is 2. The molecule has 4 rings (SSSR count). The fourth-order valence-corrected chi connectivity index (χ4v) is 3.64. The molecule has 0 unspecified atom stereocenters. The molecule has 2 amide bonds. The van der Waals surface area contributed by atoms with Crippen molar-refractivity contribution in [2.24, 2.45) is 0 Å². The second kappa shape index (κ2) is 8.85. The zero-order chi connectivity index (χ0) is 22.8. The number of hydrogen-bond acceptors (Lipinski definition) is 4. The van der Waals surface area contributed by atoms with Crippen molar-refractivity contribution < 1.29 is 18.7 Å². The molecule has 162 valence electrons. The summed E-state index contributed by atoms with van der Waals surface area (Å²) in [5, 5.41) is 3.57. The van der Waals surface area contributed by atoms with Crippen LogP contribution in [0.15, 0.2) is 72.4 Å². The number of aryl methyl sites for hydroxylation is 1. The van der Waals surface area contributed by atoms with Crippen molar-refractivity contribution in [1.82, 2.24) is 0 Å². The molecule has 5 nitrogen and oxygen atoms in total.